The van der Waals surface area contributed by atoms with Gasteiger partial charge in [-0.3, -0.25) is 10.1 Å². The van der Waals surface area contributed by atoms with Crippen molar-refractivity contribution in [3.63, 3.8) is 0 Å². The van der Waals surface area contributed by atoms with Gasteiger partial charge in [0, 0.05) is 19.2 Å². The van der Waals surface area contributed by atoms with E-state index in [9.17, 15) is 14.5 Å². The van der Waals surface area contributed by atoms with E-state index in [2.05, 4.69) is 15.6 Å². The molecule has 0 spiro atoms. The van der Waals surface area contributed by atoms with Gasteiger partial charge in [-0.15, -0.1) is 0 Å². The Morgan fingerprint density at radius 2 is 2.09 bits per heavy atom. The van der Waals surface area contributed by atoms with Gasteiger partial charge in [-0.1, -0.05) is 17.7 Å². The molecule has 0 aliphatic rings. The Kier molecular flexibility index (Phi) is 5.11. The Balaban J connectivity index is 2.14. The van der Waals surface area contributed by atoms with E-state index in [-0.39, 0.29) is 16.5 Å². The molecule has 8 heteroatoms. The van der Waals surface area contributed by atoms with E-state index in [0.717, 1.165) is 5.56 Å². The van der Waals surface area contributed by atoms with Crippen molar-refractivity contribution >= 4 is 28.9 Å². The third kappa shape index (κ3) is 3.82. The molecule has 6 nitrogen and oxygen atoms in total. The lowest BCUT2D eigenvalue weighted by Crippen LogP contribution is -2.07. The Morgan fingerprint density at radius 3 is 2.73 bits per heavy atom. The van der Waals surface area contributed by atoms with Crippen molar-refractivity contribution in [1.82, 2.24) is 4.98 Å². The average molecular weight is 325 g/mol. The van der Waals surface area contributed by atoms with Crippen molar-refractivity contribution in [3.8, 4) is 0 Å². The highest BCUT2D eigenvalue weighted by molar-refractivity contribution is 6.30. The molecule has 1 aromatic carbocycles. The van der Waals surface area contributed by atoms with Gasteiger partial charge in [0.1, 0.15) is 11.6 Å². The largest absolute Gasteiger partial charge is 0.366 e. The maximum Gasteiger partial charge on any atom is 0.311 e. The van der Waals surface area contributed by atoms with Crippen LogP contribution in [0.25, 0.3) is 0 Å². The third-order valence-corrected chi connectivity index (χ3v) is 3.16. The van der Waals surface area contributed by atoms with Crippen LogP contribution in [0.2, 0.25) is 5.02 Å². The van der Waals surface area contributed by atoms with Gasteiger partial charge >= 0.3 is 5.69 Å². The first-order chi connectivity index (χ1) is 10.5. The number of nitro groups is 1. The number of pyridine rings is 1. The number of hydrogen-bond acceptors (Lipinski definition) is 5. The zero-order valence-electron chi connectivity index (χ0n) is 11.8. The summed E-state index contributed by atoms with van der Waals surface area (Å²) in [5, 5.41) is 16.8. The van der Waals surface area contributed by atoms with Crippen LogP contribution >= 0.6 is 11.6 Å². The van der Waals surface area contributed by atoms with Gasteiger partial charge in [-0.05, 0) is 30.7 Å². The lowest BCUT2D eigenvalue weighted by atomic mass is 10.2. The standard InChI is InChI=1S/C14H14ClFN4O2/c1-2-17-14-12(20(21)22)5-6-13(19-14)18-8-9-3-4-11(16)10(15)7-9/h3-7H,2,8H2,1H3,(H2,17,18,19). The number of aromatic nitrogens is 1. The monoisotopic (exact) mass is 324 g/mol. The molecule has 0 aliphatic heterocycles. The first-order valence-corrected chi connectivity index (χ1v) is 6.96. The van der Waals surface area contributed by atoms with Crippen LogP contribution in [0.3, 0.4) is 0 Å². The molecule has 2 rings (SSSR count). The van der Waals surface area contributed by atoms with Crippen LogP contribution in [0, 0.1) is 15.9 Å². The molecule has 116 valence electrons. The minimum absolute atomic E-state index is 0.0456. The predicted octanol–water partition coefficient (Wildman–Crippen LogP) is 3.83. The highest BCUT2D eigenvalue weighted by Gasteiger charge is 2.15. The summed E-state index contributed by atoms with van der Waals surface area (Å²) in [4.78, 5) is 14.6. The molecule has 2 N–H and O–H groups in total. The second kappa shape index (κ2) is 7.04. The van der Waals surface area contributed by atoms with Crippen molar-refractivity contribution in [2.75, 3.05) is 17.2 Å². The topological polar surface area (TPSA) is 80.1 Å². The van der Waals surface area contributed by atoms with Gasteiger partial charge in [-0.25, -0.2) is 9.37 Å². The highest BCUT2D eigenvalue weighted by Crippen LogP contribution is 2.24. The van der Waals surface area contributed by atoms with Gasteiger partial charge in [0.15, 0.2) is 0 Å². The van der Waals surface area contributed by atoms with Crippen LogP contribution < -0.4 is 10.6 Å². The first-order valence-electron chi connectivity index (χ1n) is 6.58. The van der Waals surface area contributed by atoms with Gasteiger partial charge < -0.3 is 10.6 Å². The fourth-order valence-corrected chi connectivity index (χ4v) is 2.04. The molecule has 1 aromatic heterocycles. The second-order valence-corrected chi connectivity index (χ2v) is 4.86. The molecule has 0 atom stereocenters. The summed E-state index contributed by atoms with van der Waals surface area (Å²) in [6.07, 6.45) is 0. The number of benzene rings is 1. The predicted molar refractivity (Wildman–Crippen MR) is 83.8 cm³/mol. The molecule has 2 aromatic rings. The summed E-state index contributed by atoms with van der Waals surface area (Å²) in [5.74, 6) is 0.199. The molecule has 1 heterocycles. The van der Waals surface area contributed by atoms with E-state index >= 15 is 0 Å². The maximum atomic E-state index is 13.1. The summed E-state index contributed by atoms with van der Waals surface area (Å²) < 4.78 is 13.1. The van der Waals surface area contributed by atoms with E-state index in [0.29, 0.717) is 18.9 Å². The molecule has 22 heavy (non-hydrogen) atoms. The molecule has 0 saturated heterocycles. The highest BCUT2D eigenvalue weighted by atomic mass is 35.5. The SMILES string of the molecule is CCNc1nc(NCc2ccc(F)c(Cl)c2)ccc1[N+](=O)[O-]. The van der Waals surface area contributed by atoms with E-state index in [1.165, 1.54) is 24.3 Å². The van der Waals surface area contributed by atoms with E-state index in [1.807, 2.05) is 6.92 Å². The molecule has 0 amide bonds. The summed E-state index contributed by atoms with van der Waals surface area (Å²) in [6.45, 7) is 2.72. The van der Waals surface area contributed by atoms with Crippen LogP contribution in [0.5, 0.6) is 0 Å². The van der Waals surface area contributed by atoms with Crippen LogP contribution in [0.4, 0.5) is 21.7 Å². The zero-order valence-corrected chi connectivity index (χ0v) is 12.5. The number of nitrogens with zero attached hydrogens (tertiary/aromatic N) is 2. The normalized spacial score (nSPS) is 10.3. The quantitative estimate of drug-likeness (QED) is 0.623. The van der Waals surface area contributed by atoms with Crippen molar-refractivity contribution in [2.24, 2.45) is 0 Å². The fraction of sp³-hybridized carbons (Fsp3) is 0.214. The first kappa shape index (κ1) is 16.0. The van der Waals surface area contributed by atoms with Crippen LogP contribution in [-0.4, -0.2) is 16.5 Å². The van der Waals surface area contributed by atoms with Crippen LogP contribution in [-0.2, 0) is 6.54 Å². The summed E-state index contributed by atoms with van der Waals surface area (Å²) in [6, 6.07) is 7.30. The smallest absolute Gasteiger partial charge is 0.311 e. The molecule has 0 unspecified atom stereocenters. The van der Waals surface area contributed by atoms with Crippen molar-refractivity contribution in [1.29, 1.82) is 0 Å². The van der Waals surface area contributed by atoms with Crippen molar-refractivity contribution < 1.29 is 9.31 Å². The minimum Gasteiger partial charge on any atom is -0.366 e. The Bertz CT molecular complexity index is 697. The third-order valence-electron chi connectivity index (χ3n) is 2.87. The van der Waals surface area contributed by atoms with E-state index in [4.69, 9.17) is 11.6 Å². The summed E-state index contributed by atoms with van der Waals surface area (Å²) in [7, 11) is 0. The summed E-state index contributed by atoms with van der Waals surface area (Å²) >= 11 is 5.71. The Labute approximate surface area is 131 Å². The number of anilines is 2. The van der Waals surface area contributed by atoms with Gasteiger partial charge in [0.2, 0.25) is 5.82 Å². The molecule has 0 radical (unpaired) electrons. The average Bonchev–Trinajstić information content (AvgIpc) is 2.49. The van der Waals surface area contributed by atoms with Gasteiger partial charge in [0.05, 0.1) is 9.95 Å². The van der Waals surface area contributed by atoms with Crippen LogP contribution in [0.15, 0.2) is 30.3 Å². The number of hydrogen-bond donors (Lipinski definition) is 2. The van der Waals surface area contributed by atoms with Gasteiger partial charge in [0.25, 0.3) is 0 Å². The molecular formula is C14H14ClFN4O2. The Hall–Kier alpha value is -2.41. The molecule has 0 saturated carbocycles. The fourth-order valence-electron chi connectivity index (χ4n) is 1.84. The number of rotatable bonds is 6. The van der Waals surface area contributed by atoms with Crippen molar-refractivity contribution in [3.05, 3.63) is 56.8 Å². The van der Waals surface area contributed by atoms with Crippen LogP contribution in [0.1, 0.15) is 12.5 Å². The lowest BCUT2D eigenvalue weighted by Gasteiger charge is -2.09. The van der Waals surface area contributed by atoms with Gasteiger partial charge in [-0.2, -0.15) is 0 Å². The van der Waals surface area contributed by atoms with E-state index < -0.39 is 10.7 Å². The Morgan fingerprint density at radius 1 is 1.32 bits per heavy atom. The summed E-state index contributed by atoms with van der Waals surface area (Å²) in [5.41, 5.74) is 0.689. The molecule has 0 fully saturated rings. The molecule has 0 aliphatic carbocycles. The molecule has 0 bridgehead atoms. The number of halogens is 2. The second-order valence-electron chi connectivity index (χ2n) is 4.45. The molecular weight excluding hydrogens is 311 g/mol. The minimum atomic E-state index is -0.492. The van der Waals surface area contributed by atoms with E-state index in [1.54, 1.807) is 6.07 Å². The lowest BCUT2D eigenvalue weighted by molar-refractivity contribution is -0.384. The maximum absolute atomic E-state index is 13.1. The zero-order chi connectivity index (χ0) is 16.1. The van der Waals surface area contributed by atoms with Crippen molar-refractivity contribution in [2.45, 2.75) is 13.5 Å². The number of nitrogens with one attached hydrogen (secondary N) is 2.